The summed E-state index contributed by atoms with van der Waals surface area (Å²) >= 11 is 0. The largest absolute Gasteiger partial charge is 0.454 e. The zero-order chi connectivity index (χ0) is 23.3. The second kappa shape index (κ2) is 7.82. The maximum atomic E-state index is 14.0. The van der Waals surface area contributed by atoms with Crippen molar-refractivity contribution in [1.29, 1.82) is 0 Å². The fraction of sp³-hybridized carbons (Fsp3) is 0.172. The smallest absolute Gasteiger partial charge is 0.201 e. The highest BCUT2D eigenvalue weighted by Crippen LogP contribution is 2.40. The number of hydrogen-bond donors (Lipinski definition) is 1. The number of fused-ring (bicyclic) bond motifs is 1. The normalized spacial score (nSPS) is 14.8. The van der Waals surface area contributed by atoms with E-state index in [0.29, 0.717) is 22.3 Å². The summed E-state index contributed by atoms with van der Waals surface area (Å²) in [6, 6.07) is 23.6. The summed E-state index contributed by atoms with van der Waals surface area (Å²) in [6.45, 7) is 0. The van der Waals surface area contributed by atoms with Gasteiger partial charge in [0.2, 0.25) is 5.43 Å². The molecule has 0 atom stereocenters. The SMILES string of the molecule is Cn1cc(-c2cccc3c(=O)c(-c4ccc(C5(N)CCC5)cc4)c(-c4ccccc4)oc23)cn1. The first-order valence-corrected chi connectivity index (χ1v) is 11.6. The lowest BCUT2D eigenvalue weighted by Crippen LogP contribution is -2.43. The van der Waals surface area contributed by atoms with Gasteiger partial charge in [0.1, 0.15) is 11.3 Å². The molecular formula is C29H25N3O2. The molecule has 0 amide bonds. The molecule has 6 rings (SSSR count). The zero-order valence-corrected chi connectivity index (χ0v) is 19.0. The van der Waals surface area contributed by atoms with Crippen LogP contribution < -0.4 is 11.2 Å². The van der Waals surface area contributed by atoms with Crippen LogP contribution in [0.2, 0.25) is 0 Å². The molecule has 0 radical (unpaired) electrons. The lowest BCUT2D eigenvalue weighted by molar-refractivity contribution is 0.253. The zero-order valence-electron chi connectivity index (χ0n) is 19.0. The van der Waals surface area contributed by atoms with Gasteiger partial charge in [-0.3, -0.25) is 9.48 Å². The number of para-hydroxylation sites is 1. The van der Waals surface area contributed by atoms with Crippen molar-refractivity contribution in [3.8, 4) is 33.6 Å². The van der Waals surface area contributed by atoms with E-state index >= 15 is 0 Å². The van der Waals surface area contributed by atoms with Crippen molar-refractivity contribution in [2.75, 3.05) is 0 Å². The van der Waals surface area contributed by atoms with Gasteiger partial charge in [-0.15, -0.1) is 0 Å². The average molecular weight is 448 g/mol. The molecule has 5 nitrogen and oxygen atoms in total. The standard InChI is InChI=1S/C29H25N3O2/c1-32-18-21(17-31-32)23-9-5-10-24-26(33)25(27(34-28(23)24)20-7-3-2-4-8-20)19-11-13-22(14-12-19)29(30)15-6-16-29/h2-5,7-14,17-18H,6,15-16,30H2,1H3. The third-order valence-electron chi connectivity index (χ3n) is 6.96. The number of aromatic nitrogens is 2. The molecule has 2 N–H and O–H groups in total. The average Bonchev–Trinajstić information content (AvgIpc) is 3.29. The highest BCUT2D eigenvalue weighted by molar-refractivity contribution is 5.96. The Balaban J connectivity index is 1.61. The Morgan fingerprint density at radius 1 is 0.912 bits per heavy atom. The summed E-state index contributed by atoms with van der Waals surface area (Å²) in [6.07, 6.45) is 6.86. The molecule has 1 fully saturated rings. The van der Waals surface area contributed by atoms with Crippen molar-refractivity contribution < 1.29 is 4.42 Å². The molecule has 5 aromatic rings. The van der Waals surface area contributed by atoms with Crippen molar-refractivity contribution in [2.24, 2.45) is 12.8 Å². The van der Waals surface area contributed by atoms with Gasteiger partial charge in [-0.1, -0.05) is 66.7 Å². The van der Waals surface area contributed by atoms with Crippen molar-refractivity contribution in [1.82, 2.24) is 9.78 Å². The minimum atomic E-state index is -0.243. The van der Waals surface area contributed by atoms with E-state index in [0.717, 1.165) is 47.1 Å². The van der Waals surface area contributed by atoms with Gasteiger partial charge in [0.05, 0.1) is 17.1 Å². The molecule has 3 aromatic carbocycles. The van der Waals surface area contributed by atoms with Crippen LogP contribution in [0.1, 0.15) is 24.8 Å². The molecule has 34 heavy (non-hydrogen) atoms. The van der Waals surface area contributed by atoms with Crippen LogP contribution in [0.15, 0.2) is 94.4 Å². The summed E-state index contributed by atoms with van der Waals surface area (Å²) < 4.78 is 8.32. The summed E-state index contributed by atoms with van der Waals surface area (Å²) in [5, 5.41) is 4.84. The maximum Gasteiger partial charge on any atom is 0.201 e. The number of aryl methyl sites for hydroxylation is 1. The summed E-state index contributed by atoms with van der Waals surface area (Å²) in [5.74, 6) is 0.563. The van der Waals surface area contributed by atoms with Gasteiger partial charge in [0.15, 0.2) is 0 Å². The molecule has 0 saturated heterocycles. The Morgan fingerprint density at radius 2 is 1.68 bits per heavy atom. The van der Waals surface area contributed by atoms with Crippen LogP contribution in [0, 0.1) is 0 Å². The Bertz CT molecular complexity index is 1560. The Labute approximate surface area is 197 Å². The predicted octanol–water partition coefficient (Wildman–Crippen LogP) is 5.87. The minimum Gasteiger partial charge on any atom is -0.454 e. The van der Waals surface area contributed by atoms with Crippen LogP contribution in [-0.2, 0) is 12.6 Å². The highest BCUT2D eigenvalue weighted by Gasteiger charge is 2.34. The first-order valence-electron chi connectivity index (χ1n) is 11.6. The minimum absolute atomic E-state index is 0.0512. The quantitative estimate of drug-likeness (QED) is 0.374. The van der Waals surface area contributed by atoms with E-state index in [4.69, 9.17) is 10.2 Å². The molecule has 5 heteroatoms. The Morgan fingerprint density at radius 3 is 2.32 bits per heavy atom. The fourth-order valence-electron chi connectivity index (χ4n) is 4.87. The third-order valence-corrected chi connectivity index (χ3v) is 6.96. The highest BCUT2D eigenvalue weighted by atomic mass is 16.3. The summed E-state index contributed by atoms with van der Waals surface area (Å²) in [7, 11) is 1.87. The lowest BCUT2D eigenvalue weighted by atomic mass is 9.72. The molecule has 1 saturated carbocycles. The molecule has 2 aromatic heterocycles. The second-order valence-corrected chi connectivity index (χ2v) is 9.17. The lowest BCUT2D eigenvalue weighted by Gasteiger charge is -2.38. The monoisotopic (exact) mass is 447 g/mol. The van der Waals surface area contributed by atoms with Gasteiger partial charge < -0.3 is 10.2 Å². The van der Waals surface area contributed by atoms with Gasteiger partial charge in [-0.25, -0.2) is 0 Å². The topological polar surface area (TPSA) is 74.0 Å². The molecule has 0 unspecified atom stereocenters. The third kappa shape index (κ3) is 3.28. The van der Waals surface area contributed by atoms with E-state index in [1.807, 2.05) is 73.9 Å². The van der Waals surface area contributed by atoms with Crippen LogP contribution in [0.5, 0.6) is 0 Å². The number of rotatable bonds is 4. The van der Waals surface area contributed by atoms with Gasteiger partial charge in [0.25, 0.3) is 0 Å². The molecule has 2 heterocycles. The van der Waals surface area contributed by atoms with E-state index in [9.17, 15) is 4.79 Å². The number of benzene rings is 3. The fourth-order valence-corrected chi connectivity index (χ4v) is 4.87. The molecule has 0 spiro atoms. The van der Waals surface area contributed by atoms with Crippen LogP contribution >= 0.6 is 0 Å². The summed E-state index contributed by atoms with van der Waals surface area (Å²) in [5.41, 5.74) is 11.9. The number of nitrogens with zero attached hydrogens (tertiary/aromatic N) is 2. The molecule has 0 bridgehead atoms. The van der Waals surface area contributed by atoms with Gasteiger partial charge in [-0.05, 0) is 36.5 Å². The first-order chi connectivity index (χ1) is 16.5. The Hall–Kier alpha value is -3.96. The van der Waals surface area contributed by atoms with Crippen LogP contribution in [-0.4, -0.2) is 9.78 Å². The maximum absolute atomic E-state index is 14.0. The van der Waals surface area contributed by atoms with Crippen molar-refractivity contribution in [2.45, 2.75) is 24.8 Å². The molecule has 1 aliphatic carbocycles. The van der Waals surface area contributed by atoms with E-state index in [2.05, 4.69) is 17.2 Å². The van der Waals surface area contributed by atoms with Crippen LogP contribution in [0.3, 0.4) is 0 Å². The predicted molar refractivity (Wildman–Crippen MR) is 135 cm³/mol. The van der Waals surface area contributed by atoms with Crippen molar-refractivity contribution in [3.05, 3.63) is 101 Å². The van der Waals surface area contributed by atoms with E-state index in [1.165, 1.54) is 0 Å². The molecule has 0 aliphatic heterocycles. The molecule has 1 aliphatic rings. The van der Waals surface area contributed by atoms with E-state index in [1.54, 1.807) is 10.9 Å². The van der Waals surface area contributed by atoms with Crippen LogP contribution in [0.25, 0.3) is 44.5 Å². The van der Waals surface area contributed by atoms with Crippen molar-refractivity contribution >= 4 is 11.0 Å². The van der Waals surface area contributed by atoms with Gasteiger partial charge >= 0.3 is 0 Å². The van der Waals surface area contributed by atoms with Crippen LogP contribution in [0.4, 0.5) is 0 Å². The van der Waals surface area contributed by atoms with Gasteiger partial charge in [-0.2, -0.15) is 5.10 Å². The second-order valence-electron chi connectivity index (χ2n) is 9.17. The van der Waals surface area contributed by atoms with Crippen molar-refractivity contribution in [3.63, 3.8) is 0 Å². The van der Waals surface area contributed by atoms with E-state index < -0.39 is 0 Å². The number of hydrogen-bond acceptors (Lipinski definition) is 4. The first kappa shape index (κ1) is 20.6. The Kier molecular flexibility index (Phi) is 4.74. The summed E-state index contributed by atoms with van der Waals surface area (Å²) in [4.78, 5) is 14.0. The van der Waals surface area contributed by atoms with E-state index in [-0.39, 0.29) is 11.0 Å². The van der Waals surface area contributed by atoms with Gasteiger partial charge in [0, 0.05) is 35.5 Å². The molecule has 168 valence electrons. The number of nitrogens with two attached hydrogens (primary N) is 1. The molecular weight excluding hydrogens is 422 g/mol.